The number of nitrogens with one attached hydrogen (secondary N) is 1. The second-order valence-electron chi connectivity index (χ2n) is 4.34. The van der Waals surface area contributed by atoms with Crippen LogP contribution < -0.4 is 5.32 Å². The molecule has 0 spiro atoms. The summed E-state index contributed by atoms with van der Waals surface area (Å²) in [6, 6.07) is 0.602. The van der Waals surface area contributed by atoms with Crippen molar-refractivity contribution in [2.75, 3.05) is 26.7 Å². The summed E-state index contributed by atoms with van der Waals surface area (Å²) in [5.74, 6) is 0.774. The van der Waals surface area contributed by atoms with E-state index in [4.69, 9.17) is 0 Å². The van der Waals surface area contributed by atoms with Crippen molar-refractivity contribution in [1.82, 2.24) is 10.2 Å². The summed E-state index contributed by atoms with van der Waals surface area (Å²) in [5, 5.41) is 3.29. The van der Waals surface area contributed by atoms with E-state index in [1.807, 2.05) is 7.05 Å². The van der Waals surface area contributed by atoms with Crippen LogP contribution in [-0.4, -0.2) is 37.6 Å². The highest BCUT2D eigenvalue weighted by Crippen LogP contribution is 2.01. The molecular formula is C11H26N2. The molecule has 0 amide bonds. The summed E-state index contributed by atoms with van der Waals surface area (Å²) in [7, 11) is 2.03. The SMILES string of the molecule is CCCN(CC(C)C)CC(C)NC. The minimum Gasteiger partial charge on any atom is -0.316 e. The molecule has 0 rings (SSSR count). The van der Waals surface area contributed by atoms with Gasteiger partial charge < -0.3 is 10.2 Å². The van der Waals surface area contributed by atoms with Crippen LogP contribution in [0.2, 0.25) is 0 Å². The lowest BCUT2D eigenvalue weighted by atomic mass is 10.2. The maximum Gasteiger partial charge on any atom is 0.0163 e. The van der Waals surface area contributed by atoms with E-state index in [2.05, 4.69) is 37.9 Å². The van der Waals surface area contributed by atoms with Crippen molar-refractivity contribution >= 4 is 0 Å². The maximum atomic E-state index is 3.29. The zero-order chi connectivity index (χ0) is 10.3. The number of rotatable bonds is 7. The fourth-order valence-electron chi connectivity index (χ4n) is 1.57. The molecule has 1 N–H and O–H groups in total. The molecule has 2 nitrogen and oxygen atoms in total. The first kappa shape index (κ1) is 12.9. The number of hydrogen-bond donors (Lipinski definition) is 1. The van der Waals surface area contributed by atoms with Crippen molar-refractivity contribution in [1.29, 1.82) is 0 Å². The van der Waals surface area contributed by atoms with Crippen LogP contribution in [0.25, 0.3) is 0 Å². The van der Waals surface area contributed by atoms with Crippen molar-refractivity contribution in [2.24, 2.45) is 5.92 Å². The molecule has 0 aromatic heterocycles. The molecule has 0 bridgehead atoms. The van der Waals surface area contributed by atoms with E-state index >= 15 is 0 Å². The number of likely N-dealkylation sites (N-methyl/N-ethyl adjacent to an activating group) is 1. The first-order valence-corrected chi connectivity index (χ1v) is 5.49. The van der Waals surface area contributed by atoms with E-state index in [9.17, 15) is 0 Å². The third-order valence-electron chi connectivity index (χ3n) is 2.19. The Labute approximate surface area is 83.7 Å². The van der Waals surface area contributed by atoms with Crippen LogP contribution in [0.3, 0.4) is 0 Å². The molecule has 0 aromatic carbocycles. The monoisotopic (exact) mass is 186 g/mol. The second-order valence-corrected chi connectivity index (χ2v) is 4.34. The molecule has 0 radical (unpaired) electrons. The van der Waals surface area contributed by atoms with Gasteiger partial charge in [0.1, 0.15) is 0 Å². The van der Waals surface area contributed by atoms with Gasteiger partial charge in [-0.3, -0.25) is 0 Å². The van der Waals surface area contributed by atoms with E-state index in [0.717, 1.165) is 5.92 Å². The standard InChI is InChI=1S/C11H26N2/c1-6-7-13(8-10(2)3)9-11(4)12-5/h10-12H,6-9H2,1-5H3. The molecule has 13 heavy (non-hydrogen) atoms. The van der Waals surface area contributed by atoms with Crippen molar-refractivity contribution in [2.45, 2.75) is 40.2 Å². The van der Waals surface area contributed by atoms with E-state index in [0.29, 0.717) is 6.04 Å². The molecule has 0 aliphatic rings. The van der Waals surface area contributed by atoms with Gasteiger partial charge in [0.15, 0.2) is 0 Å². The van der Waals surface area contributed by atoms with Gasteiger partial charge in [-0.2, -0.15) is 0 Å². The van der Waals surface area contributed by atoms with Crippen molar-refractivity contribution in [3.8, 4) is 0 Å². The Bertz CT molecular complexity index is 113. The van der Waals surface area contributed by atoms with Gasteiger partial charge in [0.25, 0.3) is 0 Å². The molecule has 1 atom stereocenters. The normalized spacial score (nSPS) is 14.1. The molecule has 80 valence electrons. The summed E-state index contributed by atoms with van der Waals surface area (Å²) in [4.78, 5) is 2.55. The van der Waals surface area contributed by atoms with Gasteiger partial charge in [-0.05, 0) is 32.9 Å². The quantitative estimate of drug-likeness (QED) is 0.654. The van der Waals surface area contributed by atoms with Crippen LogP contribution in [0.1, 0.15) is 34.1 Å². The van der Waals surface area contributed by atoms with Crippen LogP contribution in [0.15, 0.2) is 0 Å². The molecule has 0 saturated heterocycles. The summed E-state index contributed by atoms with van der Waals surface area (Å²) < 4.78 is 0. The summed E-state index contributed by atoms with van der Waals surface area (Å²) in [6.45, 7) is 12.7. The lowest BCUT2D eigenvalue weighted by Crippen LogP contribution is -2.39. The smallest absolute Gasteiger partial charge is 0.0163 e. The van der Waals surface area contributed by atoms with Gasteiger partial charge in [-0.15, -0.1) is 0 Å². The Morgan fingerprint density at radius 2 is 1.77 bits per heavy atom. The first-order chi connectivity index (χ1) is 6.10. The summed E-state index contributed by atoms with van der Waals surface area (Å²) in [5.41, 5.74) is 0. The van der Waals surface area contributed by atoms with Crippen LogP contribution in [0, 0.1) is 5.92 Å². The first-order valence-electron chi connectivity index (χ1n) is 5.49. The molecule has 0 saturated carbocycles. The maximum absolute atomic E-state index is 3.29. The van der Waals surface area contributed by atoms with Crippen molar-refractivity contribution < 1.29 is 0 Å². The Morgan fingerprint density at radius 1 is 1.15 bits per heavy atom. The highest BCUT2D eigenvalue weighted by atomic mass is 15.1. The van der Waals surface area contributed by atoms with Gasteiger partial charge >= 0.3 is 0 Å². The molecule has 1 unspecified atom stereocenters. The lowest BCUT2D eigenvalue weighted by molar-refractivity contribution is 0.226. The highest BCUT2D eigenvalue weighted by Gasteiger charge is 2.08. The minimum atomic E-state index is 0.602. The topological polar surface area (TPSA) is 15.3 Å². The third kappa shape index (κ3) is 7.03. The Balaban J connectivity index is 3.78. The van der Waals surface area contributed by atoms with Gasteiger partial charge in [-0.25, -0.2) is 0 Å². The van der Waals surface area contributed by atoms with Crippen LogP contribution in [0.5, 0.6) is 0 Å². The average Bonchev–Trinajstić information content (AvgIpc) is 2.03. The minimum absolute atomic E-state index is 0.602. The van der Waals surface area contributed by atoms with E-state index < -0.39 is 0 Å². The van der Waals surface area contributed by atoms with E-state index in [1.54, 1.807) is 0 Å². The molecule has 2 heteroatoms. The lowest BCUT2D eigenvalue weighted by Gasteiger charge is -2.26. The Morgan fingerprint density at radius 3 is 2.15 bits per heavy atom. The summed E-state index contributed by atoms with van der Waals surface area (Å²) in [6.07, 6.45) is 1.25. The van der Waals surface area contributed by atoms with Gasteiger partial charge in [-0.1, -0.05) is 20.8 Å². The van der Waals surface area contributed by atoms with Gasteiger partial charge in [0.2, 0.25) is 0 Å². The van der Waals surface area contributed by atoms with Crippen LogP contribution in [0.4, 0.5) is 0 Å². The average molecular weight is 186 g/mol. The molecule has 0 aromatic rings. The van der Waals surface area contributed by atoms with Gasteiger partial charge in [0.05, 0.1) is 0 Å². The predicted octanol–water partition coefficient (Wildman–Crippen LogP) is 1.96. The third-order valence-corrected chi connectivity index (χ3v) is 2.19. The largest absolute Gasteiger partial charge is 0.316 e. The molecule has 0 heterocycles. The summed E-state index contributed by atoms with van der Waals surface area (Å²) >= 11 is 0. The molecule has 0 aliphatic heterocycles. The van der Waals surface area contributed by atoms with Crippen LogP contribution in [-0.2, 0) is 0 Å². The van der Waals surface area contributed by atoms with Gasteiger partial charge in [0, 0.05) is 19.1 Å². The number of nitrogens with zero attached hydrogens (tertiary/aromatic N) is 1. The zero-order valence-electron chi connectivity index (χ0n) is 9.93. The number of hydrogen-bond acceptors (Lipinski definition) is 2. The van der Waals surface area contributed by atoms with Crippen LogP contribution >= 0.6 is 0 Å². The molecule has 0 aliphatic carbocycles. The molecule has 0 fully saturated rings. The fourth-order valence-corrected chi connectivity index (χ4v) is 1.57. The molecular weight excluding hydrogens is 160 g/mol. The zero-order valence-corrected chi connectivity index (χ0v) is 9.93. The predicted molar refractivity (Wildman–Crippen MR) is 60.1 cm³/mol. The van der Waals surface area contributed by atoms with Crippen molar-refractivity contribution in [3.05, 3.63) is 0 Å². The van der Waals surface area contributed by atoms with E-state index in [1.165, 1.54) is 26.1 Å². The Hall–Kier alpha value is -0.0800. The fraction of sp³-hybridized carbons (Fsp3) is 1.00. The van der Waals surface area contributed by atoms with E-state index in [-0.39, 0.29) is 0 Å². The highest BCUT2D eigenvalue weighted by molar-refractivity contribution is 4.66. The Kier molecular flexibility index (Phi) is 7.29. The second kappa shape index (κ2) is 7.34. The van der Waals surface area contributed by atoms with Crippen molar-refractivity contribution in [3.63, 3.8) is 0 Å².